The maximum absolute atomic E-state index is 5.34. The van der Waals surface area contributed by atoms with E-state index in [2.05, 4.69) is 11.2 Å². The molecule has 0 amide bonds. The van der Waals surface area contributed by atoms with Crippen LogP contribution in [-0.4, -0.2) is 25.3 Å². The van der Waals surface area contributed by atoms with Gasteiger partial charge in [-0.25, -0.2) is 0 Å². The van der Waals surface area contributed by atoms with Crippen molar-refractivity contribution in [2.45, 2.75) is 32.9 Å². The van der Waals surface area contributed by atoms with Crippen LogP contribution in [0.15, 0.2) is 0 Å². The molecule has 2 heteroatoms. The summed E-state index contributed by atoms with van der Waals surface area (Å²) in [4.78, 5) is 0. The van der Waals surface area contributed by atoms with Crippen molar-refractivity contribution in [1.82, 2.24) is 5.32 Å². The van der Waals surface area contributed by atoms with Crippen LogP contribution < -0.4 is 5.32 Å². The van der Waals surface area contributed by atoms with Crippen molar-refractivity contribution in [2.75, 3.05) is 13.2 Å². The van der Waals surface area contributed by atoms with Gasteiger partial charge in [-0.05, 0) is 20.4 Å². The number of hydrogen-bond donors (Lipinski definition) is 1. The molecule has 0 radical (unpaired) electrons. The Morgan fingerprint density at radius 3 is 2.55 bits per heavy atom. The Bertz CT molecular complexity index is 128. The summed E-state index contributed by atoms with van der Waals surface area (Å²) in [6.45, 7) is 7.58. The molecular weight excluding hydrogens is 138 g/mol. The quantitative estimate of drug-likeness (QED) is 0.599. The zero-order valence-corrected chi connectivity index (χ0v) is 7.55. The third kappa shape index (κ3) is 4.02. The first kappa shape index (κ1) is 10.5. The Kier molecular flexibility index (Phi) is 5.91. The molecule has 0 rings (SSSR count). The summed E-state index contributed by atoms with van der Waals surface area (Å²) in [5.74, 6) is 2.65. The van der Waals surface area contributed by atoms with Crippen molar-refractivity contribution < 1.29 is 4.74 Å². The summed E-state index contributed by atoms with van der Waals surface area (Å²) in [6.07, 6.45) is 5.40. The molecule has 11 heavy (non-hydrogen) atoms. The smallest absolute Gasteiger partial charge is 0.0949 e. The Hall–Kier alpha value is -0.520. The Labute approximate surface area is 69.3 Å². The van der Waals surface area contributed by atoms with Crippen molar-refractivity contribution in [3.63, 3.8) is 0 Å². The van der Waals surface area contributed by atoms with Gasteiger partial charge in [0, 0.05) is 6.61 Å². The maximum Gasteiger partial charge on any atom is 0.0949 e. The van der Waals surface area contributed by atoms with Crippen LogP contribution in [0.5, 0.6) is 0 Å². The van der Waals surface area contributed by atoms with Crippen molar-refractivity contribution in [3.05, 3.63) is 0 Å². The Morgan fingerprint density at radius 1 is 1.55 bits per heavy atom. The molecule has 0 fully saturated rings. The number of rotatable bonds is 5. The van der Waals surface area contributed by atoms with Gasteiger partial charge in [0.05, 0.1) is 12.1 Å². The van der Waals surface area contributed by atoms with Crippen LogP contribution in [-0.2, 0) is 4.74 Å². The van der Waals surface area contributed by atoms with Gasteiger partial charge in [-0.3, -0.25) is 0 Å². The van der Waals surface area contributed by atoms with Crippen molar-refractivity contribution in [1.29, 1.82) is 0 Å². The molecule has 0 aliphatic carbocycles. The van der Waals surface area contributed by atoms with Gasteiger partial charge in [0.1, 0.15) is 0 Å². The summed E-state index contributed by atoms with van der Waals surface area (Å²) in [7, 11) is 0. The van der Waals surface area contributed by atoms with Gasteiger partial charge in [0.2, 0.25) is 0 Å². The van der Waals surface area contributed by atoms with E-state index in [1.165, 1.54) is 0 Å². The number of nitrogens with one attached hydrogen (secondary N) is 1. The average Bonchev–Trinajstić information content (AvgIpc) is 2.00. The lowest BCUT2D eigenvalue weighted by atomic mass is 10.2. The fourth-order valence-corrected chi connectivity index (χ4v) is 0.939. The highest BCUT2D eigenvalue weighted by Crippen LogP contribution is 1.96. The lowest BCUT2D eigenvalue weighted by molar-refractivity contribution is 0.0618. The number of ether oxygens (including phenoxy) is 1. The van der Waals surface area contributed by atoms with Crippen LogP contribution in [0.3, 0.4) is 0 Å². The first-order valence-corrected chi connectivity index (χ1v) is 4.07. The molecule has 2 nitrogen and oxygen atoms in total. The minimum atomic E-state index is 0.0416. The van der Waals surface area contributed by atoms with Crippen LogP contribution in [0.2, 0.25) is 0 Å². The zero-order chi connectivity index (χ0) is 8.69. The van der Waals surface area contributed by atoms with Crippen molar-refractivity contribution >= 4 is 0 Å². The molecule has 0 aromatic rings. The Morgan fingerprint density at radius 2 is 2.18 bits per heavy atom. The number of terminal acetylenes is 1. The molecule has 0 saturated carbocycles. The second-order valence-electron chi connectivity index (χ2n) is 2.36. The number of hydrogen-bond acceptors (Lipinski definition) is 2. The lowest BCUT2D eigenvalue weighted by Crippen LogP contribution is -2.38. The van der Waals surface area contributed by atoms with Gasteiger partial charge < -0.3 is 10.1 Å². The predicted octanol–water partition coefficient (Wildman–Crippen LogP) is 1.02. The van der Waals surface area contributed by atoms with E-state index < -0.39 is 0 Å². The van der Waals surface area contributed by atoms with E-state index in [0.29, 0.717) is 6.61 Å². The lowest BCUT2D eigenvalue weighted by Gasteiger charge is -2.19. The highest BCUT2D eigenvalue weighted by molar-refractivity contribution is 5.01. The topological polar surface area (TPSA) is 21.3 Å². The summed E-state index contributed by atoms with van der Waals surface area (Å²) in [5, 5.41) is 3.16. The van der Waals surface area contributed by atoms with E-state index >= 15 is 0 Å². The molecule has 64 valence electrons. The molecule has 0 bridgehead atoms. The average molecular weight is 155 g/mol. The van der Waals surface area contributed by atoms with Crippen LogP contribution in [0.1, 0.15) is 20.8 Å². The van der Waals surface area contributed by atoms with Gasteiger partial charge in [0.15, 0.2) is 0 Å². The maximum atomic E-state index is 5.34. The van der Waals surface area contributed by atoms with E-state index in [4.69, 9.17) is 11.2 Å². The van der Waals surface area contributed by atoms with E-state index in [-0.39, 0.29) is 12.1 Å². The molecule has 0 aromatic heterocycles. The third-order valence-electron chi connectivity index (χ3n) is 1.50. The minimum Gasteiger partial charge on any atom is -0.376 e. The van der Waals surface area contributed by atoms with Gasteiger partial charge in [-0.2, -0.15) is 0 Å². The SMILES string of the molecule is C#CC(NCC)C(C)OCC. The fraction of sp³-hybridized carbons (Fsp3) is 0.778. The highest BCUT2D eigenvalue weighted by atomic mass is 16.5. The number of likely N-dealkylation sites (N-methyl/N-ethyl adjacent to an activating group) is 1. The van der Waals surface area contributed by atoms with E-state index in [9.17, 15) is 0 Å². The van der Waals surface area contributed by atoms with Crippen molar-refractivity contribution in [2.24, 2.45) is 0 Å². The van der Waals surface area contributed by atoms with Crippen LogP contribution in [0, 0.1) is 12.3 Å². The molecule has 0 aliphatic rings. The predicted molar refractivity (Wildman–Crippen MR) is 47.4 cm³/mol. The van der Waals surface area contributed by atoms with E-state index in [1.807, 2.05) is 20.8 Å². The van der Waals surface area contributed by atoms with Crippen LogP contribution >= 0.6 is 0 Å². The summed E-state index contributed by atoms with van der Waals surface area (Å²) in [6, 6.07) is 0.0416. The summed E-state index contributed by atoms with van der Waals surface area (Å²) >= 11 is 0. The normalized spacial score (nSPS) is 15.5. The summed E-state index contributed by atoms with van der Waals surface area (Å²) in [5.41, 5.74) is 0. The monoisotopic (exact) mass is 155 g/mol. The Balaban J connectivity index is 3.73. The molecule has 2 atom stereocenters. The van der Waals surface area contributed by atoms with E-state index in [1.54, 1.807) is 0 Å². The van der Waals surface area contributed by atoms with Crippen molar-refractivity contribution in [3.8, 4) is 12.3 Å². The largest absolute Gasteiger partial charge is 0.376 e. The van der Waals surface area contributed by atoms with Gasteiger partial charge in [-0.15, -0.1) is 6.42 Å². The second kappa shape index (κ2) is 6.21. The van der Waals surface area contributed by atoms with Crippen LogP contribution in [0.4, 0.5) is 0 Å². The molecular formula is C9H17NO. The molecule has 0 saturated heterocycles. The molecule has 1 N–H and O–H groups in total. The standard InChI is InChI=1S/C9H17NO/c1-5-9(10-6-2)8(4)11-7-3/h1,8-10H,6-7H2,2-4H3. The van der Waals surface area contributed by atoms with Gasteiger partial charge in [-0.1, -0.05) is 12.8 Å². The van der Waals surface area contributed by atoms with Gasteiger partial charge in [0.25, 0.3) is 0 Å². The molecule has 0 heterocycles. The minimum absolute atomic E-state index is 0.0416. The summed E-state index contributed by atoms with van der Waals surface area (Å²) < 4.78 is 5.34. The van der Waals surface area contributed by atoms with Gasteiger partial charge >= 0.3 is 0 Å². The fourth-order valence-electron chi connectivity index (χ4n) is 0.939. The molecule has 0 aromatic carbocycles. The molecule has 0 aliphatic heterocycles. The molecule has 0 spiro atoms. The third-order valence-corrected chi connectivity index (χ3v) is 1.50. The van der Waals surface area contributed by atoms with Crippen LogP contribution in [0.25, 0.3) is 0 Å². The second-order valence-corrected chi connectivity index (χ2v) is 2.36. The molecule has 2 unspecified atom stereocenters. The highest BCUT2D eigenvalue weighted by Gasteiger charge is 2.12. The zero-order valence-electron chi connectivity index (χ0n) is 7.55. The first-order chi connectivity index (χ1) is 5.26. The first-order valence-electron chi connectivity index (χ1n) is 4.07. The van der Waals surface area contributed by atoms with E-state index in [0.717, 1.165) is 6.54 Å².